The number of nitrogens with zero attached hydrogens (tertiary/aromatic N) is 3. The molecule has 2 N–H and O–H groups in total. The fraction of sp³-hybridized carbons (Fsp3) is 0.400. The first-order valence-electron chi connectivity index (χ1n) is 13.4. The summed E-state index contributed by atoms with van der Waals surface area (Å²) in [5.41, 5.74) is 6.35. The zero-order chi connectivity index (χ0) is 27.5. The highest BCUT2D eigenvalue weighted by Crippen LogP contribution is 2.31. The van der Waals surface area contributed by atoms with E-state index in [1.807, 2.05) is 25.1 Å². The Hall–Kier alpha value is -3.49. The Morgan fingerprint density at radius 1 is 1.15 bits per heavy atom. The molecule has 2 aliphatic rings. The zero-order valence-electron chi connectivity index (χ0n) is 22.6. The van der Waals surface area contributed by atoms with Gasteiger partial charge in [-0.3, -0.25) is 9.59 Å². The smallest absolute Gasteiger partial charge is 0.254 e. The predicted octanol–water partition coefficient (Wildman–Crippen LogP) is 4.71. The second kappa shape index (κ2) is 11.7. The lowest BCUT2D eigenvalue weighted by Crippen LogP contribution is -2.41. The molecule has 3 heterocycles. The van der Waals surface area contributed by atoms with Crippen LogP contribution in [-0.2, 0) is 22.5 Å². The molecule has 1 aromatic heterocycles. The van der Waals surface area contributed by atoms with E-state index in [4.69, 9.17) is 16.3 Å². The van der Waals surface area contributed by atoms with Crippen LogP contribution in [0.1, 0.15) is 52.4 Å². The molecular weight excluding hydrogens is 514 g/mol. The van der Waals surface area contributed by atoms with Gasteiger partial charge in [0.05, 0.1) is 16.9 Å². The molecule has 2 amide bonds. The van der Waals surface area contributed by atoms with Crippen molar-refractivity contribution in [1.82, 2.24) is 20.2 Å². The van der Waals surface area contributed by atoms with E-state index in [-0.39, 0.29) is 30.4 Å². The van der Waals surface area contributed by atoms with Gasteiger partial charge in [0.15, 0.2) is 0 Å². The first-order valence-corrected chi connectivity index (χ1v) is 13.8. The Kier molecular flexibility index (Phi) is 8.14. The van der Waals surface area contributed by atoms with Crippen LogP contribution in [0.2, 0.25) is 5.02 Å². The lowest BCUT2D eigenvalue weighted by atomic mass is 10.0. The molecule has 0 radical (unpaired) electrons. The summed E-state index contributed by atoms with van der Waals surface area (Å²) < 4.78 is 5.42. The van der Waals surface area contributed by atoms with Crippen LogP contribution in [0, 0.1) is 13.8 Å². The Bertz CT molecular complexity index is 1370. The van der Waals surface area contributed by atoms with Crippen LogP contribution in [0.4, 0.5) is 5.95 Å². The molecule has 5 rings (SSSR count). The minimum atomic E-state index is -0.172. The zero-order valence-corrected chi connectivity index (χ0v) is 23.3. The first-order chi connectivity index (χ1) is 18.7. The van der Waals surface area contributed by atoms with Crippen molar-refractivity contribution in [2.75, 3.05) is 25.1 Å². The number of hydrogen-bond donors (Lipinski definition) is 2. The maximum Gasteiger partial charge on any atom is 0.254 e. The van der Waals surface area contributed by atoms with Crippen molar-refractivity contribution in [3.63, 3.8) is 0 Å². The topological polar surface area (TPSA) is 96.5 Å². The number of ether oxygens (including phenoxy) is 1. The third kappa shape index (κ3) is 6.57. The van der Waals surface area contributed by atoms with Gasteiger partial charge in [0.1, 0.15) is 6.54 Å². The Labute approximate surface area is 234 Å². The molecule has 204 valence electrons. The highest BCUT2D eigenvalue weighted by atomic mass is 35.5. The van der Waals surface area contributed by atoms with E-state index in [1.54, 1.807) is 11.1 Å². The highest BCUT2D eigenvalue weighted by molar-refractivity contribution is 6.33. The van der Waals surface area contributed by atoms with Crippen molar-refractivity contribution in [1.29, 1.82) is 0 Å². The number of rotatable bonds is 8. The number of aromatic nitrogens is 2. The molecule has 8 nitrogen and oxygen atoms in total. The summed E-state index contributed by atoms with van der Waals surface area (Å²) >= 11 is 6.46. The summed E-state index contributed by atoms with van der Waals surface area (Å²) in [4.78, 5) is 36.6. The predicted molar refractivity (Wildman–Crippen MR) is 152 cm³/mol. The molecule has 0 bridgehead atoms. The molecule has 3 aromatic rings. The van der Waals surface area contributed by atoms with E-state index in [9.17, 15) is 9.59 Å². The molecule has 2 aromatic carbocycles. The number of nitrogens with one attached hydrogen (secondary N) is 2. The third-order valence-corrected chi connectivity index (χ3v) is 7.40. The molecule has 0 saturated carbocycles. The van der Waals surface area contributed by atoms with Crippen molar-refractivity contribution in [2.24, 2.45) is 0 Å². The van der Waals surface area contributed by atoms with Gasteiger partial charge in [-0.05, 0) is 57.2 Å². The summed E-state index contributed by atoms with van der Waals surface area (Å²) in [6, 6.07) is 12.2. The molecule has 39 heavy (non-hydrogen) atoms. The number of aryl methyl sites for hydroxylation is 2. The van der Waals surface area contributed by atoms with Crippen LogP contribution in [0.15, 0.2) is 42.6 Å². The fourth-order valence-corrected chi connectivity index (χ4v) is 5.59. The minimum absolute atomic E-state index is 0.00741. The molecule has 0 aliphatic carbocycles. The quantitative estimate of drug-likeness (QED) is 0.424. The van der Waals surface area contributed by atoms with E-state index in [1.165, 1.54) is 16.7 Å². The Balaban J connectivity index is 1.23. The Morgan fingerprint density at radius 3 is 2.64 bits per heavy atom. The SMILES string of the molecule is Cc1cc(C)cc(CC(C)NC(=O)CN2Cc3ccc(-c4nc(NC5CCOCC5)ncc4Cl)cc3C2=O)c1. The van der Waals surface area contributed by atoms with E-state index in [0.29, 0.717) is 42.0 Å². The van der Waals surface area contributed by atoms with Crippen molar-refractivity contribution in [2.45, 2.75) is 58.7 Å². The van der Waals surface area contributed by atoms with Crippen LogP contribution in [0.5, 0.6) is 0 Å². The van der Waals surface area contributed by atoms with E-state index in [2.05, 4.69) is 52.6 Å². The average molecular weight is 548 g/mol. The van der Waals surface area contributed by atoms with Crippen LogP contribution >= 0.6 is 11.6 Å². The van der Waals surface area contributed by atoms with E-state index < -0.39 is 0 Å². The van der Waals surface area contributed by atoms with Crippen LogP contribution in [0.25, 0.3) is 11.3 Å². The van der Waals surface area contributed by atoms with Gasteiger partial charge in [-0.15, -0.1) is 0 Å². The number of halogens is 1. The standard InChI is InChI=1S/C30H34ClN5O3/c1-18-10-19(2)12-21(11-18)13-20(3)33-27(37)17-36-16-23-5-4-22(14-25(23)29(36)38)28-26(31)15-32-30(35-28)34-24-6-8-39-9-7-24/h4-5,10-12,14-15,20,24H,6-9,13,16-17H2,1-3H3,(H,33,37)(H,32,34,35). The number of fused-ring (bicyclic) bond motifs is 1. The summed E-state index contributed by atoms with van der Waals surface area (Å²) in [5.74, 6) is 0.159. The van der Waals surface area contributed by atoms with Gasteiger partial charge < -0.3 is 20.3 Å². The summed E-state index contributed by atoms with van der Waals surface area (Å²) in [5, 5.41) is 6.82. The van der Waals surface area contributed by atoms with Crippen molar-refractivity contribution < 1.29 is 14.3 Å². The van der Waals surface area contributed by atoms with Gasteiger partial charge in [-0.1, -0.05) is 53.1 Å². The third-order valence-electron chi connectivity index (χ3n) is 7.13. The van der Waals surface area contributed by atoms with Gasteiger partial charge in [0, 0.05) is 43.0 Å². The van der Waals surface area contributed by atoms with Gasteiger partial charge in [0.25, 0.3) is 5.91 Å². The number of hydrogen-bond acceptors (Lipinski definition) is 6. The maximum atomic E-state index is 13.2. The number of amides is 2. The largest absolute Gasteiger partial charge is 0.381 e. The average Bonchev–Trinajstić information content (AvgIpc) is 3.19. The molecular formula is C30H34ClN5O3. The van der Waals surface area contributed by atoms with Crippen LogP contribution < -0.4 is 10.6 Å². The van der Waals surface area contributed by atoms with Gasteiger partial charge in [-0.2, -0.15) is 0 Å². The molecule has 1 fully saturated rings. The second-order valence-electron chi connectivity index (χ2n) is 10.6. The second-order valence-corrected chi connectivity index (χ2v) is 11.0. The Morgan fingerprint density at radius 2 is 1.90 bits per heavy atom. The van der Waals surface area contributed by atoms with Gasteiger partial charge >= 0.3 is 0 Å². The fourth-order valence-electron chi connectivity index (χ4n) is 5.39. The first kappa shape index (κ1) is 27.1. The van der Waals surface area contributed by atoms with E-state index >= 15 is 0 Å². The van der Waals surface area contributed by atoms with Crippen molar-refractivity contribution >= 4 is 29.4 Å². The molecule has 9 heteroatoms. The summed E-state index contributed by atoms with van der Waals surface area (Å²) in [7, 11) is 0. The van der Waals surface area contributed by atoms with Crippen molar-refractivity contribution in [3.05, 3.63) is 75.4 Å². The van der Waals surface area contributed by atoms with Gasteiger partial charge in [0.2, 0.25) is 11.9 Å². The number of carbonyl (C=O) groups excluding carboxylic acids is 2. The lowest BCUT2D eigenvalue weighted by Gasteiger charge is -2.23. The van der Waals surface area contributed by atoms with E-state index in [0.717, 1.165) is 30.4 Å². The normalized spacial score (nSPS) is 16.2. The highest BCUT2D eigenvalue weighted by Gasteiger charge is 2.30. The number of carbonyl (C=O) groups is 2. The molecule has 0 spiro atoms. The molecule has 2 aliphatic heterocycles. The number of anilines is 1. The van der Waals surface area contributed by atoms with Crippen molar-refractivity contribution in [3.8, 4) is 11.3 Å². The van der Waals surface area contributed by atoms with Crippen LogP contribution in [0.3, 0.4) is 0 Å². The minimum Gasteiger partial charge on any atom is -0.381 e. The molecule has 1 unspecified atom stereocenters. The molecule has 1 saturated heterocycles. The number of benzene rings is 2. The summed E-state index contributed by atoms with van der Waals surface area (Å²) in [6.45, 7) is 7.96. The summed E-state index contributed by atoms with van der Waals surface area (Å²) in [6.07, 6.45) is 4.10. The van der Waals surface area contributed by atoms with Crippen LogP contribution in [-0.4, -0.2) is 58.5 Å². The lowest BCUT2D eigenvalue weighted by molar-refractivity contribution is -0.122. The van der Waals surface area contributed by atoms with Gasteiger partial charge in [-0.25, -0.2) is 9.97 Å². The molecule has 1 atom stereocenters. The monoisotopic (exact) mass is 547 g/mol. The maximum absolute atomic E-state index is 13.2.